The van der Waals surface area contributed by atoms with Crippen molar-refractivity contribution >= 4 is 58.1 Å². The second-order valence-corrected chi connectivity index (χ2v) is 8.25. The Bertz CT molecular complexity index is 1010. The smallest absolute Gasteiger partial charge is 0.191 e. The van der Waals surface area contributed by atoms with E-state index < -0.39 is 0 Å². The van der Waals surface area contributed by atoms with Crippen molar-refractivity contribution in [2.24, 2.45) is 12.0 Å². The van der Waals surface area contributed by atoms with Crippen LogP contribution in [0.3, 0.4) is 0 Å². The summed E-state index contributed by atoms with van der Waals surface area (Å²) in [6, 6.07) is 6.32. The zero-order valence-electron chi connectivity index (χ0n) is 18.1. The highest BCUT2D eigenvalue weighted by molar-refractivity contribution is 14.0. The average molecular weight is 556 g/mol. The molecule has 1 saturated heterocycles. The molecule has 1 atom stereocenters. The molecule has 3 aromatic rings. The molecule has 0 radical (unpaired) electrons. The monoisotopic (exact) mass is 555 g/mol. The van der Waals surface area contributed by atoms with Gasteiger partial charge in [-0.1, -0.05) is 11.6 Å². The second kappa shape index (κ2) is 11.1. The van der Waals surface area contributed by atoms with E-state index in [1.807, 2.05) is 36.1 Å². The van der Waals surface area contributed by atoms with E-state index in [0.29, 0.717) is 12.6 Å². The number of halogens is 2. The minimum atomic E-state index is 0. The number of rotatable bonds is 6. The maximum absolute atomic E-state index is 6.17. The van der Waals surface area contributed by atoms with E-state index in [4.69, 9.17) is 16.6 Å². The van der Waals surface area contributed by atoms with Gasteiger partial charge in [0.05, 0.1) is 11.9 Å². The summed E-state index contributed by atoms with van der Waals surface area (Å²) in [5, 5.41) is 13.3. The first-order chi connectivity index (χ1) is 14.6. The molecule has 1 aliphatic heterocycles. The number of hydrogen-bond acceptors (Lipinski definition) is 3. The van der Waals surface area contributed by atoms with Crippen LogP contribution in [0, 0.1) is 0 Å². The third kappa shape index (κ3) is 6.06. The number of anilines is 1. The molecule has 9 heteroatoms. The van der Waals surface area contributed by atoms with Crippen molar-refractivity contribution in [2.45, 2.75) is 32.2 Å². The summed E-state index contributed by atoms with van der Waals surface area (Å²) in [6.45, 7) is 5.68. The first kappa shape index (κ1) is 23.7. The molecule has 4 rings (SSSR count). The highest BCUT2D eigenvalue weighted by atomic mass is 127. The molecule has 168 valence electrons. The summed E-state index contributed by atoms with van der Waals surface area (Å²) >= 11 is 6.17. The lowest BCUT2D eigenvalue weighted by molar-refractivity contribution is 0.468. The molecule has 0 bridgehead atoms. The fourth-order valence-corrected chi connectivity index (χ4v) is 4.23. The predicted octanol–water partition coefficient (Wildman–Crippen LogP) is 3.94. The Morgan fingerprint density at radius 3 is 3.03 bits per heavy atom. The lowest BCUT2D eigenvalue weighted by atomic mass is 10.1. The van der Waals surface area contributed by atoms with Crippen LogP contribution in [0.2, 0.25) is 5.02 Å². The molecule has 7 nitrogen and oxygen atoms in total. The van der Waals surface area contributed by atoms with Gasteiger partial charge in [0, 0.05) is 67.6 Å². The lowest BCUT2D eigenvalue weighted by Crippen LogP contribution is -2.51. The van der Waals surface area contributed by atoms with Gasteiger partial charge in [-0.25, -0.2) is 0 Å². The van der Waals surface area contributed by atoms with Crippen LogP contribution < -0.4 is 15.5 Å². The molecule has 1 aliphatic rings. The highest BCUT2D eigenvalue weighted by Gasteiger charge is 2.21. The van der Waals surface area contributed by atoms with Crippen LogP contribution in [0.1, 0.15) is 25.3 Å². The van der Waals surface area contributed by atoms with Crippen LogP contribution in [-0.4, -0.2) is 52.9 Å². The first-order valence-corrected chi connectivity index (χ1v) is 11.0. The van der Waals surface area contributed by atoms with Gasteiger partial charge >= 0.3 is 0 Å². The summed E-state index contributed by atoms with van der Waals surface area (Å²) in [7, 11) is 1.96. The number of H-pyrrole nitrogens is 1. The van der Waals surface area contributed by atoms with Crippen molar-refractivity contribution in [3.8, 4) is 0 Å². The molecular weight excluding hydrogens is 525 g/mol. The van der Waals surface area contributed by atoms with Gasteiger partial charge in [0.2, 0.25) is 0 Å². The van der Waals surface area contributed by atoms with Crippen molar-refractivity contribution in [3.05, 3.63) is 47.4 Å². The number of nitrogens with zero attached hydrogens (tertiary/aromatic N) is 4. The molecule has 31 heavy (non-hydrogen) atoms. The topological polar surface area (TPSA) is 73.3 Å². The zero-order valence-corrected chi connectivity index (χ0v) is 21.2. The minimum Gasteiger partial charge on any atom is -0.367 e. The van der Waals surface area contributed by atoms with Crippen LogP contribution in [-0.2, 0) is 13.5 Å². The summed E-state index contributed by atoms with van der Waals surface area (Å²) in [5.74, 6) is 0.883. The standard InChI is InChI=1S/C22H30ClN7.HI/c1-3-24-22(25-9-8-16-12-26-21-7-6-17(23)11-20(16)21)28-18-5-4-10-30(14-18)19-13-27-29(2)15-19;/h6-7,11-13,15,18,26H,3-5,8-10,14H2,1-2H3,(H2,24,25,28);1H. The molecule has 1 unspecified atom stereocenters. The molecule has 3 N–H and O–H groups in total. The lowest BCUT2D eigenvalue weighted by Gasteiger charge is -2.34. The van der Waals surface area contributed by atoms with E-state index in [1.165, 1.54) is 16.6 Å². The Kier molecular flexibility index (Phi) is 8.48. The van der Waals surface area contributed by atoms with Crippen LogP contribution >= 0.6 is 35.6 Å². The molecule has 0 aliphatic carbocycles. The van der Waals surface area contributed by atoms with Crippen molar-refractivity contribution in [3.63, 3.8) is 0 Å². The summed E-state index contributed by atoms with van der Waals surface area (Å²) in [5.41, 5.74) is 3.54. The maximum atomic E-state index is 6.17. The third-order valence-corrected chi connectivity index (χ3v) is 5.78. The Morgan fingerprint density at radius 2 is 2.26 bits per heavy atom. The van der Waals surface area contributed by atoms with Crippen molar-refractivity contribution < 1.29 is 0 Å². The largest absolute Gasteiger partial charge is 0.367 e. The first-order valence-electron chi connectivity index (χ1n) is 10.7. The zero-order chi connectivity index (χ0) is 20.9. The van der Waals surface area contributed by atoms with Crippen LogP contribution in [0.25, 0.3) is 10.9 Å². The minimum absolute atomic E-state index is 0. The number of aryl methyl sites for hydroxylation is 1. The van der Waals surface area contributed by atoms with E-state index in [2.05, 4.69) is 44.9 Å². The SMILES string of the molecule is CCNC(=NCCc1c[nH]c2ccc(Cl)cc12)NC1CCCN(c2cnn(C)c2)C1.I. The Labute approximate surface area is 205 Å². The van der Waals surface area contributed by atoms with Gasteiger partial charge in [0.15, 0.2) is 5.96 Å². The quantitative estimate of drug-likeness (QED) is 0.245. The fourth-order valence-electron chi connectivity index (χ4n) is 4.06. The molecule has 0 saturated carbocycles. The van der Waals surface area contributed by atoms with Gasteiger partial charge in [-0.15, -0.1) is 24.0 Å². The molecule has 1 fully saturated rings. The number of fused-ring (bicyclic) bond motifs is 1. The van der Waals surface area contributed by atoms with E-state index in [1.54, 1.807) is 0 Å². The molecule has 2 aromatic heterocycles. The van der Waals surface area contributed by atoms with Gasteiger partial charge in [-0.05, 0) is 49.9 Å². The van der Waals surface area contributed by atoms with Gasteiger partial charge in [-0.3, -0.25) is 9.67 Å². The molecular formula is C22H31ClIN7. The van der Waals surface area contributed by atoms with Gasteiger partial charge in [-0.2, -0.15) is 5.10 Å². The Balaban J connectivity index is 0.00000272. The predicted molar refractivity (Wildman–Crippen MR) is 140 cm³/mol. The molecule has 0 spiro atoms. The number of nitrogens with one attached hydrogen (secondary N) is 3. The Morgan fingerprint density at radius 1 is 1.39 bits per heavy atom. The van der Waals surface area contributed by atoms with Gasteiger partial charge in [0.25, 0.3) is 0 Å². The van der Waals surface area contributed by atoms with E-state index >= 15 is 0 Å². The van der Waals surface area contributed by atoms with Crippen molar-refractivity contribution in [2.75, 3.05) is 31.1 Å². The summed E-state index contributed by atoms with van der Waals surface area (Å²) < 4.78 is 1.86. The normalized spacial score (nSPS) is 16.9. The number of benzene rings is 1. The van der Waals surface area contributed by atoms with Crippen molar-refractivity contribution in [1.82, 2.24) is 25.4 Å². The number of guanidine groups is 1. The number of hydrogen-bond donors (Lipinski definition) is 3. The van der Waals surface area contributed by atoms with Crippen LogP contribution in [0.15, 0.2) is 41.8 Å². The second-order valence-electron chi connectivity index (χ2n) is 7.82. The molecule has 1 aromatic carbocycles. The molecule has 0 amide bonds. The van der Waals surface area contributed by atoms with Crippen molar-refractivity contribution in [1.29, 1.82) is 0 Å². The maximum Gasteiger partial charge on any atom is 0.191 e. The average Bonchev–Trinajstić information content (AvgIpc) is 3.34. The Hall–Kier alpha value is -1.94. The highest BCUT2D eigenvalue weighted by Crippen LogP contribution is 2.23. The van der Waals surface area contributed by atoms with Crippen LogP contribution in [0.4, 0.5) is 5.69 Å². The van der Waals surface area contributed by atoms with Gasteiger partial charge in [0.1, 0.15) is 0 Å². The van der Waals surface area contributed by atoms with E-state index in [-0.39, 0.29) is 24.0 Å². The fraction of sp³-hybridized carbons (Fsp3) is 0.455. The summed E-state index contributed by atoms with van der Waals surface area (Å²) in [4.78, 5) is 10.5. The molecule has 3 heterocycles. The van der Waals surface area contributed by atoms with E-state index in [0.717, 1.165) is 55.4 Å². The number of aliphatic imine (C=N–C) groups is 1. The number of piperidine rings is 1. The van der Waals surface area contributed by atoms with E-state index in [9.17, 15) is 0 Å². The number of aromatic amines is 1. The number of aromatic nitrogens is 3. The summed E-state index contributed by atoms with van der Waals surface area (Å²) in [6.07, 6.45) is 9.24. The van der Waals surface area contributed by atoms with Gasteiger partial charge < -0.3 is 20.5 Å². The van der Waals surface area contributed by atoms with Crippen LogP contribution in [0.5, 0.6) is 0 Å². The third-order valence-electron chi connectivity index (χ3n) is 5.54.